The van der Waals surface area contributed by atoms with Crippen LogP contribution in [0.25, 0.3) is 22.3 Å². The van der Waals surface area contributed by atoms with Gasteiger partial charge in [-0.15, -0.1) is 0 Å². The molecule has 2 aromatic carbocycles. The van der Waals surface area contributed by atoms with Gasteiger partial charge in [0.1, 0.15) is 28.2 Å². The molecule has 0 unspecified atom stereocenters. The lowest BCUT2D eigenvalue weighted by molar-refractivity contribution is -0.135. The number of benzene rings is 2. The third kappa shape index (κ3) is 3.12. The van der Waals surface area contributed by atoms with E-state index in [2.05, 4.69) is 0 Å². The normalized spacial score (nSPS) is 15.5. The summed E-state index contributed by atoms with van der Waals surface area (Å²) in [4.78, 5) is 25.1. The summed E-state index contributed by atoms with van der Waals surface area (Å²) in [7, 11) is 1.44. The Morgan fingerprint density at radius 1 is 1.10 bits per heavy atom. The zero-order valence-electron chi connectivity index (χ0n) is 16.2. The van der Waals surface area contributed by atoms with Crippen LogP contribution in [0.4, 0.5) is 0 Å². The SMILES string of the molecule is COc1ccc(-c2cc(=O)c3c(O)cc4c(c3o2)[C@H](c2ccsc2)CC(=O)O4)cc1O. The molecule has 0 saturated carbocycles. The number of carbonyl (C=O) groups is 1. The molecule has 0 aliphatic carbocycles. The Morgan fingerprint density at radius 3 is 2.65 bits per heavy atom. The summed E-state index contributed by atoms with van der Waals surface area (Å²) < 4.78 is 16.5. The van der Waals surface area contributed by atoms with Crippen molar-refractivity contribution in [1.82, 2.24) is 0 Å². The van der Waals surface area contributed by atoms with E-state index in [1.54, 1.807) is 12.1 Å². The summed E-state index contributed by atoms with van der Waals surface area (Å²) in [6.07, 6.45) is 0.0842. The van der Waals surface area contributed by atoms with Crippen molar-refractivity contribution in [1.29, 1.82) is 0 Å². The monoisotopic (exact) mass is 436 g/mol. The van der Waals surface area contributed by atoms with Crippen molar-refractivity contribution in [2.75, 3.05) is 7.11 Å². The minimum atomic E-state index is -0.451. The number of ether oxygens (including phenoxy) is 2. The van der Waals surface area contributed by atoms with Crippen molar-refractivity contribution < 1.29 is 28.9 Å². The van der Waals surface area contributed by atoms with Gasteiger partial charge in [0.2, 0.25) is 0 Å². The Balaban J connectivity index is 1.80. The molecule has 0 saturated heterocycles. The second-order valence-electron chi connectivity index (χ2n) is 7.16. The molecule has 8 heteroatoms. The van der Waals surface area contributed by atoms with Crippen LogP contribution >= 0.6 is 11.3 Å². The van der Waals surface area contributed by atoms with Crippen LogP contribution in [0.15, 0.2) is 56.4 Å². The molecule has 0 radical (unpaired) electrons. The van der Waals surface area contributed by atoms with E-state index in [9.17, 15) is 19.8 Å². The molecule has 1 aliphatic heterocycles. The molecule has 2 N–H and O–H groups in total. The van der Waals surface area contributed by atoms with E-state index >= 15 is 0 Å². The first kappa shape index (κ1) is 19.2. The van der Waals surface area contributed by atoms with Gasteiger partial charge < -0.3 is 24.1 Å². The quantitative estimate of drug-likeness (QED) is 0.363. The van der Waals surface area contributed by atoms with Gasteiger partial charge in [-0.25, -0.2) is 0 Å². The van der Waals surface area contributed by atoms with Gasteiger partial charge in [-0.1, -0.05) is 0 Å². The van der Waals surface area contributed by atoms with E-state index in [0.717, 1.165) is 5.56 Å². The van der Waals surface area contributed by atoms with Crippen molar-refractivity contribution in [3.05, 3.63) is 68.5 Å². The molecule has 2 aromatic heterocycles. The van der Waals surface area contributed by atoms with E-state index < -0.39 is 11.4 Å². The van der Waals surface area contributed by atoms with Gasteiger partial charge in [0.15, 0.2) is 16.9 Å². The maximum absolute atomic E-state index is 12.9. The number of aromatic hydroxyl groups is 2. The van der Waals surface area contributed by atoms with E-state index in [-0.39, 0.29) is 52.1 Å². The molecular weight excluding hydrogens is 420 g/mol. The molecule has 0 spiro atoms. The van der Waals surface area contributed by atoms with Crippen molar-refractivity contribution in [2.45, 2.75) is 12.3 Å². The first-order valence-corrected chi connectivity index (χ1v) is 10.3. The Hall–Kier alpha value is -3.78. The van der Waals surface area contributed by atoms with E-state index in [1.807, 2.05) is 16.8 Å². The van der Waals surface area contributed by atoms with Crippen LogP contribution in [-0.2, 0) is 4.79 Å². The van der Waals surface area contributed by atoms with Gasteiger partial charge in [0, 0.05) is 29.2 Å². The summed E-state index contributed by atoms with van der Waals surface area (Å²) in [5, 5.41) is 24.4. The topological polar surface area (TPSA) is 106 Å². The third-order valence-electron chi connectivity index (χ3n) is 5.33. The Labute approximate surface area is 179 Å². The molecular formula is C23H16O7S. The molecule has 5 rings (SSSR count). The van der Waals surface area contributed by atoms with E-state index in [4.69, 9.17) is 13.9 Å². The number of carbonyl (C=O) groups excluding carboxylic acids is 1. The summed E-state index contributed by atoms with van der Waals surface area (Å²) in [6.45, 7) is 0. The molecule has 4 aromatic rings. The number of fused-ring (bicyclic) bond motifs is 3. The fourth-order valence-electron chi connectivity index (χ4n) is 3.90. The third-order valence-corrected chi connectivity index (χ3v) is 6.04. The van der Waals surface area contributed by atoms with Crippen LogP contribution in [-0.4, -0.2) is 23.3 Å². The van der Waals surface area contributed by atoms with Gasteiger partial charge in [0.05, 0.1) is 13.5 Å². The van der Waals surface area contributed by atoms with Gasteiger partial charge >= 0.3 is 5.97 Å². The molecule has 1 aliphatic rings. The number of phenolic OH excluding ortho intramolecular Hbond substituents is 2. The van der Waals surface area contributed by atoms with Crippen LogP contribution in [0.3, 0.4) is 0 Å². The summed E-state index contributed by atoms with van der Waals surface area (Å²) in [5.41, 5.74) is 1.58. The van der Waals surface area contributed by atoms with Gasteiger partial charge in [0.25, 0.3) is 0 Å². The smallest absolute Gasteiger partial charge is 0.312 e. The number of hydrogen-bond acceptors (Lipinski definition) is 8. The fraction of sp³-hybridized carbons (Fsp3) is 0.130. The summed E-state index contributed by atoms with van der Waals surface area (Å²) >= 11 is 1.49. The predicted molar refractivity (Wildman–Crippen MR) is 114 cm³/mol. The van der Waals surface area contributed by atoms with Gasteiger partial charge in [-0.3, -0.25) is 9.59 Å². The average Bonchev–Trinajstić information content (AvgIpc) is 3.27. The Bertz CT molecular complexity index is 1390. The Morgan fingerprint density at radius 2 is 1.94 bits per heavy atom. The van der Waals surface area contributed by atoms with Gasteiger partial charge in [-0.2, -0.15) is 11.3 Å². The molecule has 1 atom stereocenters. The summed E-state index contributed by atoms with van der Waals surface area (Å²) in [6, 6.07) is 9.07. The van der Waals surface area contributed by atoms with Crippen molar-refractivity contribution in [3.8, 4) is 34.3 Å². The number of methoxy groups -OCH3 is 1. The zero-order valence-corrected chi connectivity index (χ0v) is 17.1. The second kappa shape index (κ2) is 7.17. The largest absolute Gasteiger partial charge is 0.507 e. The lowest BCUT2D eigenvalue weighted by atomic mass is 9.86. The molecule has 3 heterocycles. The summed E-state index contributed by atoms with van der Waals surface area (Å²) in [5.74, 6) is -0.601. The molecule has 0 amide bonds. The number of phenols is 2. The van der Waals surface area contributed by atoms with Crippen molar-refractivity contribution in [2.24, 2.45) is 0 Å². The Kier molecular flexibility index (Phi) is 4.44. The number of rotatable bonds is 3. The van der Waals surface area contributed by atoms with E-state index in [0.29, 0.717) is 11.1 Å². The number of thiophene rings is 1. The maximum Gasteiger partial charge on any atom is 0.312 e. The van der Waals surface area contributed by atoms with Crippen LogP contribution in [0.5, 0.6) is 23.0 Å². The van der Waals surface area contributed by atoms with Crippen molar-refractivity contribution >= 4 is 28.3 Å². The highest BCUT2D eigenvalue weighted by atomic mass is 32.1. The van der Waals surface area contributed by atoms with Crippen molar-refractivity contribution in [3.63, 3.8) is 0 Å². The minimum Gasteiger partial charge on any atom is -0.507 e. The highest BCUT2D eigenvalue weighted by Crippen LogP contribution is 2.46. The lowest BCUT2D eigenvalue weighted by Gasteiger charge is -2.25. The van der Waals surface area contributed by atoms with Crippen LogP contribution < -0.4 is 14.9 Å². The van der Waals surface area contributed by atoms with Gasteiger partial charge in [-0.05, 0) is 40.6 Å². The maximum atomic E-state index is 12.9. The molecule has 0 fully saturated rings. The average molecular weight is 436 g/mol. The van der Waals surface area contributed by atoms with Crippen LogP contribution in [0.1, 0.15) is 23.5 Å². The molecule has 7 nitrogen and oxygen atoms in total. The van der Waals surface area contributed by atoms with E-state index in [1.165, 1.54) is 36.6 Å². The zero-order chi connectivity index (χ0) is 21.7. The molecule has 156 valence electrons. The number of hydrogen-bond donors (Lipinski definition) is 2. The highest BCUT2D eigenvalue weighted by molar-refractivity contribution is 7.08. The van der Waals surface area contributed by atoms with Crippen LogP contribution in [0, 0.1) is 0 Å². The highest BCUT2D eigenvalue weighted by Gasteiger charge is 2.33. The molecule has 0 bridgehead atoms. The first-order valence-electron chi connectivity index (χ1n) is 9.40. The molecule has 31 heavy (non-hydrogen) atoms. The minimum absolute atomic E-state index is 0.0124. The number of esters is 1. The standard InChI is InChI=1S/C23H16O7S/c1-28-17-3-2-11(6-14(17)24)18-8-15(25)22-16(26)9-19-21(23(22)30-18)13(7-20(27)29-19)12-4-5-31-10-12/h2-6,8-10,13,24,26H,7H2,1H3/t13-/m0/s1. The second-order valence-corrected chi connectivity index (χ2v) is 7.94. The van der Waals surface area contributed by atoms with Crippen LogP contribution in [0.2, 0.25) is 0 Å². The predicted octanol–water partition coefficient (Wildman–Crippen LogP) is 4.38. The first-order chi connectivity index (χ1) is 15.0. The fourth-order valence-corrected chi connectivity index (χ4v) is 4.62. The lowest BCUT2D eigenvalue weighted by Crippen LogP contribution is -2.21.